The zero-order valence-electron chi connectivity index (χ0n) is 9.41. The maximum atomic E-state index is 11.4. The van der Waals surface area contributed by atoms with Crippen LogP contribution in [0.15, 0.2) is 22.8 Å². The van der Waals surface area contributed by atoms with Crippen LogP contribution < -0.4 is 10.6 Å². The highest BCUT2D eigenvalue weighted by atomic mass is 16.3. The summed E-state index contributed by atoms with van der Waals surface area (Å²) in [6.45, 7) is 6.24. The Bertz CT molecular complexity index is 294. The Morgan fingerprint density at radius 3 is 2.73 bits per heavy atom. The van der Waals surface area contributed by atoms with Gasteiger partial charge in [-0.2, -0.15) is 0 Å². The molecule has 1 amide bonds. The van der Waals surface area contributed by atoms with Gasteiger partial charge < -0.3 is 15.1 Å². The lowest BCUT2D eigenvalue weighted by Gasteiger charge is -2.13. The zero-order valence-corrected chi connectivity index (χ0v) is 9.41. The van der Waals surface area contributed by atoms with Crippen LogP contribution in [0.2, 0.25) is 0 Å². The standard InChI is InChI=1S/C11H18N2O2/c1-8(2)12-7-11(14)13-9(3)10-5-4-6-15-10/h4-6,8-9,12H,7H2,1-3H3,(H,13,14). The van der Waals surface area contributed by atoms with E-state index in [1.807, 2.05) is 32.9 Å². The normalized spacial score (nSPS) is 12.8. The third kappa shape index (κ3) is 4.16. The van der Waals surface area contributed by atoms with Gasteiger partial charge in [0.15, 0.2) is 0 Å². The van der Waals surface area contributed by atoms with Crippen LogP contribution in [0.5, 0.6) is 0 Å². The molecule has 1 rings (SSSR count). The molecule has 0 radical (unpaired) electrons. The van der Waals surface area contributed by atoms with Gasteiger partial charge in [-0.1, -0.05) is 13.8 Å². The van der Waals surface area contributed by atoms with Gasteiger partial charge in [0.05, 0.1) is 18.8 Å². The minimum atomic E-state index is -0.0820. The molecule has 0 saturated heterocycles. The summed E-state index contributed by atoms with van der Waals surface area (Å²) in [4.78, 5) is 11.4. The van der Waals surface area contributed by atoms with Crippen LogP contribution in [-0.4, -0.2) is 18.5 Å². The Morgan fingerprint density at radius 2 is 2.20 bits per heavy atom. The summed E-state index contributed by atoms with van der Waals surface area (Å²) in [5.41, 5.74) is 0. The topological polar surface area (TPSA) is 54.3 Å². The van der Waals surface area contributed by atoms with E-state index in [0.717, 1.165) is 5.76 Å². The van der Waals surface area contributed by atoms with Crippen LogP contribution in [0.3, 0.4) is 0 Å². The zero-order chi connectivity index (χ0) is 11.3. The van der Waals surface area contributed by atoms with Crippen molar-refractivity contribution in [1.29, 1.82) is 0 Å². The third-order valence-corrected chi connectivity index (χ3v) is 2.02. The van der Waals surface area contributed by atoms with Gasteiger partial charge in [0, 0.05) is 6.04 Å². The molecule has 1 atom stereocenters. The van der Waals surface area contributed by atoms with Crippen molar-refractivity contribution in [3.05, 3.63) is 24.2 Å². The van der Waals surface area contributed by atoms with E-state index >= 15 is 0 Å². The molecular formula is C11H18N2O2. The van der Waals surface area contributed by atoms with Crippen molar-refractivity contribution in [3.8, 4) is 0 Å². The molecule has 4 nitrogen and oxygen atoms in total. The lowest BCUT2D eigenvalue weighted by atomic mass is 10.2. The summed E-state index contributed by atoms with van der Waals surface area (Å²) in [6, 6.07) is 3.89. The molecule has 0 aromatic carbocycles. The van der Waals surface area contributed by atoms with Gasteiger partial charge >= 0.3 is 0 Å². The Hall–Kier alpha value is -1.29. The summed E-state index contributed by atoms with van der Waals surface area (Å²) in [7, 11) is 0. The maximum absolute atomic E-state index is 11.4. The van der Waals surface area contributed by atoms with Gasteiger partial charge in [-0.3, -0.25) is 4.79 Å². The first-order valence-corrected chi connectivity index (χ1v) is 5.15. The molecule has 1 aromatic rings. The molecule has 15 heavy (non-hydrogen) atoms. The molecule has 1 aromatic heterocycles. The lowest BCUT2D eigenvalue weighted by Crippen LogP contribution is -2.37. The summed E-state index contributed by atoms with van der Waals surface area (Å²) in [5.74, 6) is 0.750. The minimum absolute atomic E-state index is 0.0207. The van der Waals surface area contributed by atoms with E-state index in [1.54, 1.807) is 6.26 Å². The SMILES string of the molecule is CC(C)NCC(=O)NC(C)c1ccco1. The molecule has 0 aliphatic heterocycles. The van der Waals surface area contributed by atoms with Crippen molar-refractivity contribution in [1.82, 2.24) is 10.6 Å². The second-order valence-corrected chi connectivity index (χ2v) is 3.84. The number of hydrogen-bond acceptors (Lipinski definition) is 3. The van der Waals surface area contributed by atoms with E-state index in [-0.39, 0.29) is 11.9 Å². The summed E-state index contributed by atoms with van der Waals surface area (Å²) < 4.78 is 5.19. The van der Waals surface area contributed by atoms with Crippen LogP contribution in [0.25, 0.3) is 0 Å². The van der Waals surface area contributed by atoms with Crippen molar-refractivity contribution in [2.24, 2.45) is 0 Å². The maximum Gasteiger partial charge on any atom is 0.234 e. The highest BCUT2D eigenvalue weighted by molar-refractivity contribution is 5.78. The summed E-state index contributed by atoms with van der Waals surface area (Å²) in [6.07, 6.45) is 1.60. The van der Waals surface area contributed by atoms with E-state index in [2.05, 4.69) is 10.6 Å². The molecule has 4 heteroatoms. The van der Waals surface area contributed by atoms with E-state index in [0.29, 0.717) is 12.6 Å². The quantitative estimate of drug-likeness (QED) is 0.773. The summed E-state index contributed by atoms with van der Waals surface area (Å²) >= 11 is 0. The third-order valence-electron chi connectivity index (χ3n) is 2.02. The average molecular weight is 210 g/mol. The van der Waals surface area contributed by atoms with Crippen molar-refractivity contribution in [2.45, 2.75) is 32.9 Å². The largest absolute Gasteiger partial charge is 0.467 e. The van der Waals surface area contributed by atoms with Crippen LogP contribution in [0.1, 0.15) is 32.6 Å². The van der Waals surface area contributed by atoms with Gasteiger partial charge in [0.25, 0.3) is 0 Å². The average Bonchev–Trinajstić information content (AvgIpc) is 2.67. The number of carbonyl (C=O) groups is 1. The second kappa shape index (κ2) is 5.56. The first-order chi connectivity index (χ1) is 7.09. The number of nitrogens with one attached hydrogen (secondary N) is 2. The lowest BCUT2D eigenvalue weighted by molar-refractivity contribution is -0.121. The molecule has 0 fully saturated rings. The molecule has 0 aliphatic carbocycles. The highest BCUT2D eigenvalue weighted by Gasteiger charge is 2.11. The van der Waals surface area contributed by atoms with Gasteiger partial charge in [-0.05, 0) is 19.1 Å². The number of furan rings is 1. The first-order valence-electron chi connectivity index (χ1n) is 5.15. The summed E-state index contributed by atoms with van der Waals surface area (Å²) in [5, 5.41) is 5.90. The molecular weight excluding hydrogens is 192 g/mol. The Kier molecular flexibility index (Phi) is 4.37. The van der Waals surface area contributed by atoms with E-state index < -0.39 is 0 Å². The monoisotopic (exact) mass is 210 g/mol. The van der Waals surface area contributed by atoms with E-state index in [9.17, 15) is 4.79 Å². The van der Waals surface area contributed by atoms with Crippen LogP contribution in [0, 0.1) is 0 Å². The fourth-order valence-electron chi connectivity index (χ4n) is 1.20. The van der Waals surface area contributed by atoms with E-state index in [1.165, 1.54) is 0 Å². The fourth-order valence-corrected chi connectivity index (χ4v) is 1.20. The predicted molar refractivity (Wildman–Crippen MR) is 58.4 cm³/mol. The smallest absolute Gasteiger partial charge is 0.234 e. The predicted octanol–water partition coefficient (Wildman–Crippen LogP) is 1.45. The molecule has 0 aliphatic rings. The number of carbonyl (C=O) groups excluding carboxylic acids is 1. The molecule has 1 heterocycles. The first kappa shape index (κ1) is 11.8. The van der Waals surface area contributed by atoms with Crippen molar-refractivity contribution >= 4 is 5.91 Å². The molecule has 84 valence electrons. The molecule has 2 N–H and O–H groups in total. The number of amides is 1. The van der Waals surface area contributed by atoms with Crippen LogP contribution >= 0.6 is 0 Å². The highest BCUT2D eigenvalue weighted by Crippen LogP contribution is 2.11. The molecule has 1 unspecified atom stereocenters. The molecule has 0 spiro atoms. The molecule has 0 saturated carbocycles. The van der Waals surface area contributed by atoms with Crippen molar-refractivity contribution in [2.75, 3.05) is 6.54 Å². The Morgan fingerprint density at radius 1 is 1.47 bits per heavy atom. The van der Waals surface area contributed by atoms with Gasteiger partial charge in [-0.25, -0.2) is 0 Å². The Labute approximate surface area is 90.0 Å². The Balaban J connectivity index is 2.32. The minimum Gasteiger partial charge on any atom is -0.467 e. The van der Waals surface area contributed by atoms with E-state index in [4.69, 9.17) is 4.42 Å². The van der Waals surface area contributed by atoms with Crippen LogP contribution in [0.4, 0.5) is 0 Å². The van der Waals surface area contributed by atoms with Gasteiger partial charge in [0.1, 0.15) is 5.76 Å². The van der Waals surface area contributed by atoms with Gasteiger partial charge in [-0.15, -0.1) is 0 Å². The van der Waals surface area contributed by atoms with Crippen molar-refractivity contribution < 1.29 is 9.21 Å². The number of rotatable bonds is 5. The number of hydrogen-bond donors (Lipinski definition) is 2. The van der Waals surface area contributed by atoms with Crippen molar-refractivity contribution in [3.63, 3.8) is 0 Å². The van der Waals surface area contributed by atoms with Crippen LogP contribution in [-0.2, 0) is 4.79 Å². The van der Waals surface area contributed by atoms with Gasteiger partial charge in [0.2, 0.25) is 5.91 Å². The molecule has 0 bridgehead atoms. The second-order valence-electron chi connectivity index (χ2n) is 3.84. The fraction of sp³-hybridized carbons (Fsp3) is 0.545.